The number of ether oxygens (including phenoxy) is 1. The fraction of sp³-hybridized carbons (Fsp3) is 0.769. The quantitative estimate of drug-likeness (QED) is 0.827. The molecule has 0 aromatic carbocycles. The van der Waals surface area contributed by atoms with E-state index in [-0.39, 0.29) is 0 Å². The van der Waals surface area contributed by atoms with Crippen LogP contribution in [0.2, 0.25) is 0 Å². The molecule has 1 saturated heterocycles. The summed E-state index contributed by atoms with van der Waals surface area (Å²) in [6.07, 6.45) is 2.68. The van der Waals surface area contributed by atoms with Crippen molar-refractivity contribution in [2.24, 2.45) is 0 Å². The standard InChI is InChI=1S/C13H20N2OS/c1-9(2)11-13(15-5-7-16-8-6-15)17-12(14-11)10-3-4-10/h9-10H,3-8H2,1-2H3. The zero-order chi connectivity index (χ0) is 11.8. The van der Waals surface area contributed by atoms with Crippen LogP contribution in [0.5, 0.6) is 0 Å². The molecular formula is C13H20N2OS. The first-order chi connectivity index (χ1) is 8.25. The summed E-state index contributed by atoms with van der Waals surface area (Å²) >= 11 is 1.92. The van der Waals surface area contributed by atoms with Gasteiger partial charge in [-0.25, -0.2) is 4.98 Å². The van der Waals surface area contributed by atoms with Crippen LogP contribution in [-0.2, 0) is 4.74 Å². The molecule has 0 amide bonds. The maximum Gasteiger partial charge on any atom is 0.115 e. The molecule has 3 rings (SSSR count). The maximum atomic E-state index is 5.43. The molecule has 2 fully saturated rings. The number of rotatable bonds is 3. The lowest BCUT2D eigenvalue weighted by Gasteiger charge is -2.28. The van der Waals surface area contributed by atoms with Gasteiger partial charge in [0.1, 0.15) is 5.00 Å². The van der Waals surface area contributed by atoms with Gasteiger partial charge in [-0.3, -0.25) is 0 Å². The minimum Gasteiger partial charge on any atom is -0.378 e. The summed E-state index contributed by atoms with van der Waals surface area (Å²) in [5, 5.41) is 2.78. The SMILES string of the molecule is CC(C)c1nc(C2CC2)sc1N1CCOCC1. The van der Waals surface area contributed by atoms with Crippen molar-refractivity contribution in [2.75, 3.05) is 31.2 Å². The molecule has 0 spiro atoms. The average molecular weight is 252 g/mol. The van der Waals surface area contributed by atoms with Gasteiger partial charge in [0, 0.05) is 19.0 Å². The van der Waals surface area contributed by atoms with E-state index in [0.29, 0.717) is 5.92 Å². The highest BCUT2D eigenvalue weighted by molar-refractivity contribution is 7.16. The lowest BCUT2D eigenvalue weighted by Crippen LogP contribution is -2.36. The van der Waals surface area contributed by atoms with Crippen LogP contribution in [-0.4, -0.2) is 31.3 Å². The molecule has 2 heterocycles. The fourth-order valence-electron chi connectivity index (χ4n) is 2.21. The molecule has 1 aromatic rings. The third-order valence-electron chi connectivity index (χ3n) is 3.42. The molecule has 0 N–H and O–H groups in total. The Morgan fingerprint density at radius 1 is 1.29 bits per heavy atom. The van der Waals surface area contributed by atoms with Gasteiger partial charge in [0.2, 0.25) is 0 Å². The van der Waals surface area contributed by atoms with Crippen LogP contribution in [0.4, 0.5) is 5.00 Å². The van der Waals surface area contributed by atoms with Crippen LogP contribution in [0.15, 0.2) is 0 Å². The van der Waals surface area contributed by atoms with Crippen LogP contribution in [0.1, 0.15) is 49.2 Å². The van der Waals surface area contributed by atoms with Crippen molar-refractivity contribution < 1.29 is 4.74 Å². The van der Waals surface area contributed by atoms with Crippen LogP contribution < -0.4 is 4.90 Å². The van der Waals surface area contributed by atoms with Gasteiger partial charge in [-0.1, -0.05) is 13.8 Å². The molecule has 1 aromatic heterocycles. The summed E-state index contributed by atoms with van der Waals surface area (Å²) < 4.78 is 5.43. The Kier molecular flexibility index (Phi) is 3.09. The predicted molar refractivity (Wildman–Crippen MR) is 71.2 cm³/mol. The Morgan fingerprint density at radius 3 is 2.59 bits per heavy atom. The minimum atomic E-state index is 0.525. The lowest BCUT2D eigenvalue weighted by molar-refractivity contribution is 0.123. The second-order valence-electron chi connectivity index (χ2n) is 5.27. The number of morpholine rings is 1. The van der Waals surface area contributed by atoms with Gasteiger partial charge in [-0.2, -0.15) is 0 Å². The topological polar surface area (TPSA) is 25.4 Å². The van der Waals surface area contributed by atoms with Crippen molar-refractivity contribution in [3.05, 3.63) is 10.7 Å². The highest BCUT2D eigenvalue weighted by Crippen LogP contribution is 2.46. The molecule has 1 aliphatic heterocycles. The molecule has 1 aliphatic carbocycles. The van der Waals surface area contributed by atoms with Crippen LogP contribution in [0, 0.1) is 0 Å². The highest BCUT2D eigenvalue weighted by atomic mass is 32.1. The monoisotopic (exact) mass is 252 g/mol. The molecule has 94 valence electrons. The van der Waals surface area contributed by atoms with E-state index in [1.54, 1.807) is 0 Å². The maximum absolute atomic E-state index is 5.43. The van der Waals surface area contributed by atoms with Crippen LogP contribution in [0.25, 0.3) is 0 Å². The molecule has 3 nitrogen and oxygen atoms in total. The number of aromatic nitrogens is 1. The van der Waals surface area contributed by atoms with Crippen molar-refractivity contribution in [3.8, 4) is 0 Å². The molecule has 0 unspecified atom stereocenters. The van der Waals surface area contributed by atoms with E-state index in [4.69, 9.17) is 9.72 Å². The second-order valence-corrected chi connectivity index (χ2v) is 6.28. The first-order valence-corrected chi connectivity index (χ1v) is 7.40. The van der Waals surface area contributed by atoms with Gasteiger partial charge in [0.25, 0.3) is 0 Å². The number of hydrogen-bond donors (Lipinski definition) is 0. The summed E-state index contributed by atoms with van der Waals surface area (Å²) in [6, 6.07) is 0. The third-order valence-corrected chi connectivity index (χ3v) is 4.72. The molecule has 0 radical (unpaired) electrons. The van der Waals surface area contributed by atoms with Crippen LogP contribution >= 0.6 is 11.3 Å². The lowest BCUT2D eigenvalue weighted by atomic mass is 10.1. The van der Waals surface area contributed by atoms with E-state index >= 15 is 0 Å². The minimum absolute atomic E-state index is 0.525. The summed E-state index contributed by atoms with van der Waals surface area (Å²) in [4.78, 5) is 7.34. The van der Waals surface area contributed by atoms with E-state index < -0.39 is 0 Å². The number of anilines is 1. The van der Waals surface area contributed by atoms with Gasteiger partial charge in [-0.05, 0) is 18.8 Å². The van der Waals surface area contributed by atoms with E-state index in [1.165, 1.54) is 28.5 Å². The summed E-state index contributed by atoms with van der Waals surface area (Å²) in [5.74, 6) is 1.30. The van der Waals surface area contributed by atoms with Crippen molar-refractivity contribution in [1.82, 2.24) is 4.98 Å². The molecule has 0 atom stereocenters. The summed E-state index contributed by atoms with van der Waals surface area (Å²) in [6.45, 7) is 8.24. The summed E-state index contributed by atoms with van der Waals surface area (Å²) in [5.41, 5.74) is 1.30. The Labute approximate surface area is 107 Å². The zero-order valence-electron chi connectivity index (χ0n) is 10.6. The van der Waals surface area contributed by atoms with E-state index in [0.717, 1.165) is 32.2 Å². The molecular weight excluding hydrogens is 232 g/mol. The van der Waals surface area contributed by atoms with E-state index in [1.807, 2.05) is 11.3 Å². The van der Waals surface area contributed by atoms with Gasteiger partial charge in [-0.15, -0.1) is 11.3 Å². The molecule has 0 bridgehead atoms. The number of hydrogen-bond acceptors (Lipinski definition) is 4. The first-order valence-electron chi connectivity index (χ1n) is 6.59. The zero-order valence-corrected chi connectivity index (χ0v) is 11.4. The second kappa shape index (κ2) is 4.58. The Balaban J connectivity index is 1.89. The van der Waals surface area contributed by atoms with Gasteiger partial charge in [0.05, 0.1) is 23.9 Å². The Hall–Kier alpha value is -0.610. The number of nitrogens with zero attached hydrogens (tertiary/aromatic N) is 2. The Bertz CT molecular complexity index is 392. The molecule has 17 heavy (non-hydrogen) atoms. The van der Waals surface area contributed by atoms with Crippen molar-refractivity contribution in [2.45, 2.75) is 38.5 Å². The van der Waals surface area contributed by atoms with Gasteiger partial charge in [0.15, 0.2) is 0 Å². The predicted octanol–water partition coefficient (Wildman–Crippen LogP) is 2.98. The molecule has 1 saturated carbocycles. The first kappa shape index (κ1) is 11.5. The molecule has 2 aliphatic rings. The third kappa shape index (κ3) is 2.33. The van der Waals surface area contributed by atoms with E-state index in [2.05, 4.69) is 18.7 Å². The van der Waals surface area contributed by atoms with Crippen molar-refractivity contribution in [1.29, 1.82) is 0 Å². The Morgan fingerprint density at radius 2 is 2.00 bits per heavy atom. The van der Waals surface area contributed by atoms with Gasteiger partial charge < -0.3 is 9.64 Å². The molecule has 4 heteroatoms. The van der Waals surface area contributed by atoms with Gasteiger partial charge >= 0.3 is 0 Å². The fourth-order valence-corrected chi connectivity index (χ4v) is 3.66. The van der Waals surface area contributed by atoms with Crippen molar-refractivity contribution >= 4 is 16.3 Å². The van der Waals surface area contributed by atoms with Crippen molar-refractivity contribution in [3.63, 3.8) is 0 Å². The van der Waals surface area contributed by atoms with Crippen LogP contribution in [0.3, 0.4) is 0 Å². The average Bonchev–Trinajstić information content (AvgIpc) is 3.09. The summed E-state index contributed by atoms with van der Waals surface area (Å²) in [7, 11) is 0. The smallest absolute Gasteiger partial charge is 0.115 e. The van der Waals surface area contributed by atoms with E-state index in [9.17, 15) is 0 Å². The normalized spacial score (nSPS) is 21.2. The highest BCUT2D eigenvalue weighted by Gasteiger charge is 2.30. The largest absolute Gasteiger partial charge is 0.378 e. The number of thiazole rings is 1.